The second kappa shape index (κ2) is 9.06. The Morgan fingerprint density at radius 1 is 1.30 bits per heavy atom. The van der Waals surface area contributed by atoms with Crippen molar-refractivity contribution in [2.24, 2.45) is 0 Å². The van der Waals surface area contributed by atoms with Crippen LogP contribution in [0.4, 0.5) is 8.78 Å². The Morgan fingerprint density at radius 3 is 2.52 bits per heavy atom. The lowest BCUT2D eigenvalue weighted by Crippen LogP contribution is -2.41. The third-order valence-electron chi connectivity index (χ3n) is 3.87. The first-order valence-corrected chi connectivity index (χ1v) is 8.34. The van der Waals surface area contributed by atoms with Gasteiger partial charge in [-0.1, -0.05) is 25.0 Å². The van der Waals surface area contributed by atoms with E-state index in [0.717, 1.165) is 6.42 Å². The molecule has 1 aromatic heterocycles. The van der Waals surface area contributed by atoms with Crippen molar-refractivity contribution >= 4 is 11.9 Å². The van der Waals surface area contributed by atoms with Crippen molar-refractivity contribution in [3.05, 3.63) is 35.7 Å². The van der Waals surface area contributed by atoms with Gasteiger partial charge in [-0.05, 0) is 37.6 Å². The van der Waals surface area contributed by atoms with E-state index < -0.39 is 24.5 Å². The zero-order chi connectivity index (χ0) is 20.0. The summed E-state index contributed by atoms with van der Waals surface area (Å²) >= 11 is 0. The highest BCUT2D eigenvalue weighted by Gasteiger charge is 2.24. The van der Waals surface area contributed by atoms with Crippen LogP contribution in [0.15, 0.2) is 24.3 Å². The van der Waals surface area contributed by atoms with E-state index in [0.29, 0.717) is 24.2 Å². The summed E-state index contributed by atoms with van der Waals surface area (Å²) in [6.45, 7) is 0.600. The Hall–Kier alpha value is -3.04. The zero-order valence-corrected chi connectivity index (χ0v) is 14.9. The largest absolute Gasteiger partial charge is 0.480 e. The van der Waals surface area contributed by atoms with E-state index >= 15 is 0 Å². The molecule has 146 valence electrons. The second-order valence-corrected chi connectivity index (χ2v) is 5.81. The summed E-state index contributed by atoms with van der Waals surface area (Å²) in [6, 6.07) is 4.65. The third-order valence-corrected chi connectivity index (χ3v) is 3.87. The van der Waals surface area contributed by atoms with E-state index in [4.69, 9.17) is 0 Å². The Kier molecular flexibility index (Phi) is 6.80. The monoisotopic (exact) mass is 382 g/mol. The van der Waals surface area contributed by atoms with Crippen molar-refractivity contribution in [2.75, 3.05) is 0 Å². The van der Waals surface area contributed by atoms with Gasteiger partial charge in [0.05, 0.1) is 11.4 Å². The quantitative estimate of drug-likeness (QED) is 0.690. The SMILES string of the molecule is CCCC[C@H](NC(=O)c1nnn(-c2ccc(OC(F)F)cc2)c1C)C(=O)O. The minimum absolute atomic E-state index is 0.00865. The Balaban J connectivity index is 2.16. The molecule has 2 aromatic rings. The van der Waals surface area contributed by atoms with Crippen molar-refractivity contribution < 1.29 is 28.2 Å². The number of hydrogen-bond donors (Lipinski definition) is 2. The number of hydrogen-bond acceptors (Lipinski definition) is 5. The number of rotatable bonds is 9. The summed E-state index contributed by atoms with van der Waals surface area (Å²) in [5.41, 5.74) is 0.863. The molecule has 10 heteroatoms. The molecule has 2 N–H and O–H groups in total. The smallest absolute Gasteiger partial charge is 0.387 e. The summed E-state index contributed by atoms with van der Waals surface area (Å²) < 4.78 is 30.0. The molecule has 0 saturated carbocycles. The molecule has 1 atom stereocenters. The lowest BCUT2D eigenvalue weighted by Gasteiger charge is -2.13. The van der Waals surface area contributed by atoms with Gasteiger partial charge in [-0.25, -0.2) is 9.48 Å². The fraction of sp³-hybridized carbons (Fsp3) is 0.412. The van der Waals surface area contributed by atoms with E-state index in [1.165, 1.54) is 28.9 Å². The molecule has 27 heavy (non-hydrogen) atoms. The Labute approximate surface area is 154 Å². The van der Waals surface area contributed by atoms with Gasteiger partial charge in [-0.2, -0.15) is 8.78 Å². The Bertz CT molecular complexity index is 793. The van der Waals surface area contributed by atoms with Crippen LogP contribution < -0.4 is 10.1 Å². The van der Waals surface area contributed by atoms with Crippen LogP contribution in [-0.4, -0.2) is 44.6 Å². The average molecular weight is 382 g/mol. The zero-order valence-electron chi connectivity index (χ0n) is 14.9. The molecule has 2 rings (SSSR count). The number of aromatic nitrogens is 3. The van der Waals surface area contributed by atoms with Gasteiger partial charge in [0.25, 0.3) is 5.91 Å². The fourth-order valence-corrected chi connectivity index (χ4v) is 2.45. The van der Waals surface area contributed by atoms with Crippen LogP contribution in [0.2, 0.25) is 0 Å². The van der Waals surface area contributed by atoms with Crippen LogP contribution in [0.25, 0.3) is 5.69 Å². The second-order valence-electron chi connectivity index (χ2n) is 5.81. The highest BCUT2D eigenvalue weighted by atomic mass is 19.3. The fourth-order valence-electron chi connectivity index (χ4n) is 2.45. The molecule has 0 fully saturated rings. The van der Waals surface area contributed by atoms with E-state index in [9.17, 15) is 23.5 Å². The number of nitrogens with zero attached hydrogens (tertiary/aromatic N) is 3. The molecule has 0 bridgehead atoms. The van der Waals surface area contributed by atoms with Gasteiger partial charge in [0.1, 0.15) is 11.8 Å². The van der Waals surface area contributed by atoms with E-state index in [2.05, 4.69) is 20.4 Å². The topological polar surface area (TPSA) is 106 Å². The van der Waals surface area contributed by atoms with Gasteiger partial charge in [0.15, 0.2) is 5.69 Å². The molecule has 1 aromatic carbocycles. The standard InChI is InChI=1S/C17H20F2N4O4/c1-3-4-5-13(16(25)26)20-15(24)14-10(2)23(22-21-14)11-6-8-12(9-7-11)27-17(18)19/h6-9,13,17H,3-5H2,1-2H3,(H,20,24)(H,25,26)/t13-/m0/s1. The van der Waals surface area contributed by atoms with E-state index in [-0.39, 0.29) is 11.4 Å². The lowest BCUT2D eigenvalue weighted by atomic mass is 10.1. The molecule has 0 aliphatic carbocycles. The average Bonchev–Trinajstić information content (AvgIpc) is 3.00. The molecule has 0 saturated heterocycles. The predicted molar refractivity (Wildman–Crippen MR) is 91.1 cm³/mol. The predicted octanol–water partition coefficient (Wildman–Crippen LogP) is 2.55. The van der Waals surface area contributed by atoms with Crippen molar-refractivity contribution in [1.29, 1.82) is 0 Å². The number of aliphatic carboxylic acids is 1. The molecule has 0 spiro atoms. The number of halogens is 2. The number of alkyl halides is 2. The first-order chi connectivity index (χ1) is 12.8. The number of nitrogens with one attached hydrogen (secondary N) is 1. The number of benzene rings is 1. The molecule has 1 heterocycles. The molecule has 8 nitrogen and oxygen atoms in total. The highest BCUT2D eigenvalue weighted by molar-refractivity contribution is 5.95. The van der Waals surface area contributed by atoms with Crippen LogP contribution in [-0.2, 0) is 4.79 Å². The van der Waals surface area contributed by atoms with Gasteiger partial charge in [0, 0.05) is 0 Å². The minimum Gasteiger partial charge on any atom is -0.480 e. The van der Waals surface area contributed by atoms with Crippen LogP contribution >= 0.6 is 0 Å². The number of ether oxygens (including phenoxy) is 1. The third kappa shape index (κ3) is 5.22. The molecule has 0 radical (unpaired) electrons. The van der Waals surface area contributed by atoms with Gasteiger partial charge in [0.2, 0.25) is 0 Å². The van der Waals surface area contributed by atoms with Crippen molar-refractivity contribution in [1.82, 2.24) is 20.3 Å². The molecular formula is C17H20F2N4O4. The first-order valence-electron chi connectivity index (χ1n) is 8.34. The maximum absolute atomic E-state index is 12.4. The normalized spacial score (nSPS) is 12.0. The summed E-state index contributed by atoms with van der Waals surface area (Å²) in [5, 5.41) is 19.4. The number of carboxylic acid groups (broad SMARTS) is 1. The molecule has 1 amide bonds. The Morgan fingerprint density at radius 2 is 1.96 bits per heavy atom. The lowest BCUT2D eigenvalue weighted by molar-refractivity contribution is -0.139. The van der Waals surface area contributed by atoms with Crippen molar-refractivity contribution in [3.63, 3.8) is 0 Å². The summed E-state index contributed by atoms with van der Waals surface area (Å²) in [7, 11) is 0. The van der Waals surface area contributed by atoms with Crippen molar-refractivity contribution in [2.45, 2.75) is 45.8 Å². The summed E-state index contributed by atoms with van der Waals surface area (Å²) in [5.74, 6) is -1.76. The number of carboxylic acids is 1. The van der Waals surface area contributed by atoms with E-state index in [1.807, 2.05) is 6.92 Å². The minimum atomic E-state index is -2.92. The van der Waals surface area contributed by atoms with Gasteiger partial charge in [-0.3, -0.25) is 4.79 Å². The molecule has 0 unspecified atom stereocenters. The molecule has 0 aliphatic rings. The van der Waals surface area contributed by atoms with Crippen LogP contribution in [0.5, 0.6) is 5.75 Å². The number of carbonyl (C=O) groups excluding carboxylic acids is 1. The van der Waals surface area contributed by atoms with Crippen LogP contribution in [0.1, 0.15) is 42.4 Å². The number of amides is 1. The number of carbonyl (C=O) groups is 2. The maximum atomic E-state index is 12.4. The molecule has 0 aliphatic heterocycles. The molecular weight excluding hydrogens is 362 g/mol. The van der Waals surface area contributed by atoms with E-state index in [1.54, 1.807) is 6.92 Å². The van der Waals surface area contributed by atoms with Gasteiger partial charge in [-0.15, -0.1) is 5.10 Å². The van der Waals surface area contributed by atoms with Gasteiger partial charge >= 0.3 is 12.6 Å². The summed E-state index contributed by atoms with van der Waals surface area (Å²) in [4.78, 5) is 23.6. The highest BCUT2D eigenvalue weighted by Crippen LogP contribution is 2.18. The van der Waals surface area contributed by atoms with Crippen molar-refractivity contribution in [3.8, 4) is 11.4 Å². The maximum Gasteiger partial charge on any atom is 0.387 e. The first kappa shape index (κ1) is 20.3. The number of unbranched alkanes of at least 4 members (excludes halogenated alkanes) is 1. The summed E-state index contributed by atoms with van der Waals surface area (Å²) in [6.07, 6.45) is 1.78. The van der Waals surface area contributed by atoms with Crippen LogP contribution in [0.3, 0.4) is 0 Å². The van der Waals surface area contributed by atoms with Gasteiger partial charge < -0.3 is 15.2 Å². The van der Waals surface area contributed by atoms with Crippen LogP contribution in [0, 0.1) is 6.92 Å².